The summed E-state index contributed by atoms with van der Waals surface area (Å²) in [5, 5.41) is 19.4. The SMILES string of the molecule is CC(C)[C@@H]1CC[C@@H](C)C[C@@]1(O)CCOC(=O)CCC(=O)O. The van der Waals surface area contributed by atoms with Crippen LogP contribution < -0.4 is 0 Å². The van der Waals surface area contributed by atoms with Crippen molar-refractivity contribution < 1.29 is 24.5 Å². The van der Waals surface area contributed by atoms with Crippen LogP contribution in [0.2, 0.25) is 0 Å². The number of esters is 1. The van der Waals surface area contributed by atoms with Gasteiger partial charge >= 0.3 is 11.9 Å². The summed E-state index contributed by atoms with van der Waals surface area (Å²) in [5.41, 5.74) is -0.779. The van der Waals surface area contributed by atoms with Crippen LogP contribution in [0.4, 0.5) is 0 Å². The second kappa shape index (κ2) is 7.78. The van der Waals surface area contributed by atoms with Crippen molar-refractivity contribution in [2.24, 2.45) is 17.8 Å². The second-order valence-electron chi connectivity index (χ2n) is 6.70. The fraction of sp³-hybridized carbons (Fsp3) is 0.875. The topological polar surface area (TPSA) is 83.8 Å². The van der Waals surface area contributed by atoms with Crippen LogP contribution >= 0.6 is 0 Å². The molecule has 0 bridgehead atoms. The molecule has 3 atom stereocenters. The number of aliphatic hydroxyl groups is 1. The molecule has 21 heavy (non-hydrogen) atoms. The minimum atomic E-state index is -1.01. The maximum Gasteiger partial charge on any atom is 0.306 e. The molecular weight excluding hydrogens is 272 g/mol. The number of aliphatic carboxylic acids is 1. The van der Waals surface area contributed by atoms with E-state index in [0.717, 1.165) is 19.3 Å². The molecule has 0 aromatic carbocycles. The largest absolute Gasteiger partial charge is 0.481 e. The Morgan fingerprint density at radius 3 is 2.52 bits per heavy atom. The Balaban J connectivity index is 2.46. The molecule has 1 aliphatic rings. The summed E-state index contributed by atoms with van der Waals surface area (Å²) in [4.78, 5) is 21.8. The minimum absolute atomic E-state index is 0.113. The summed E-state index contributed by atoms with van der Waals surface area (Å²) in [6, 6.07) is 0. The normalized spacial score (nSPS) is 29.4. The van der Waals surface area contributed by atoms with Gasteiger partial charge in [0.15, 0.2) is 0 Å². The van der Waals surface area contributed by atoms with Gasteiger partial charge in [-0.15, -0.1) is 0 Å². The Morgan fingerprint density at radius 2 is 1.95 bits per heavy atom. The second-order valence-corrected chi connectivity index (χ2v) is 6.70. The predicted octanol–water partition coefficient (Wildman–Crippen LogP) is 2.61. The molecule has 5 heteroatoms. The molecule has 1 saturated carbocycles. The zero-order valence-electron chi connectivity index (χ0n) is 13.3. The van der Waals surface area contributed by atoms with Gasteiger partial charge in [-0.3, -0.25) is 9.59 Å². The first-order valence-corrected chi connectivity index (χ1v) is 7.84. The van der Waals surface area contributed by atoms with E-state index in [1.165, 1.54) is 0 Å². The first-order valence-electron chi connectivity index (χ1n) is 7.84. The Bertz CT molecular complexity index is 366. The smallest absolute Gasteiger partial charge is 0.306 e. The van der Waals surface area contributed by atoms with Crippen LogP contribution in [0.1, 0.15) is 59.3 Å². The lowest BCUT2D eigenvalue weighted by Crippen LogP contribution is -2.46. The van der Waals surface area contributed by atoms with Gasteiger partial charge in [0, 0.05) is 6.42 Å². The molecule has 5 nitrogen and oxygen atoms in total. The van der Waals surface area contributed by atoms with Crippen LogP contribution in [-0.4, -0.2) is 34.4 Å². The third-order valence-electron chi connectivity index (χ3n) is 4.51. The van der Waals surface area contributed by atoms with Crippen LogP contribution in [0.15, 0.2) is 0 Å². The van der Waals surface area contributed by atoms with Gasteiger partial charge in [0.2, 0.25) is 0 Å². The van der Waals surface area contributed by atoms with Crippen LogP contribution in [0.3, 0.4) is 0 Å². The number of hydrogen-bond donors (Lipinski definition) is 2. The Morgan fingerprint density at radius 1 is 1.29 bits per heavy atom. The van der Waals surface area contributed by atoms with Gasteiger partial charge in [0.25, 0.3) is 0 Å². The van der Waals surface area contributed by atoms with Crippen LogP contribution in [0, 0.1) is 17.8 Å². The zero-order chi connectivity index (χ0) is 16.0. The number of rotatable bonds is 7. The highest BCUT2D eigenvalue weighted by Crippen LogP contribution is 2.42. The van der Waals surface area contributed by atoms with Crippen molar-refractivity contribution in [3.05, 3.63) is 0 Å². The fourth-order valence-electron chi connectivity index (χ4n) is 3.45. The summed E-state index contributed by atoms with van der Waals surface area (Å²) in [6.45, 7) is 6.53. The van der Waals surface area contributed by atoms with E-state index in [-0.39, 0.29) is 25.4 Å². The van der Waals surface area contributed by atoms with Crippen LogP contribution in [-0.2, 0) is 14.3 Å². The van der Waals surface area contributed by atoms with E-state index < -0.39 is 17.5 Å². The Kier molecular flexibility index (Phi) is 6.65. The van der Waals surface area contributed by atoms with Crippen molar-refractivity contribution in [2.75, 3.05) is 6.61 Å². The standard InChI is InChI=1S/C16H28O5/c1-11(2)13-5-4-12(3)10-16(13,20)8-9-21-15(19)7-6-14(17)18/h11-13,20H,4-10H2,1-3H3,(H,17,18)/t12-,13+,16+/m1/s1. The third-order valence-corrected chi connectivity index (χ3v) is 4.51. The van der Waals surface area contributed by atoms with E-state index in [1.807, 2.05) is 0 Å². The fourth-order valence-corrected chi connectivity index (χ4v) is 3.45. The molecule has 0 spiro atoms. The van der Waals surface area contributed by atoms with Gasteiger partial charge in [0.05, 0.1) is 25.0 Å². The minimum Gasteiger partial charge on any atom is -0.481 e. The summed E-state index contributed by atoms with van der Waals surface area (Å²) in [5.74, 6) is -0.415. The van der Waals surface area contributed by atoms with Crippen LogP contribution in [0.25, 0.3) is 0 Å². The van der Waals surface area contributed by atoms with E-state index in [2.05, 4.69) is 20.8 Å². The van der Waals surface area contributed by atoms with Crippen molar-refractivity contribution in [3.8, 4) is 0 Å². The molecule has 1 aliphatic carbocycles. The number of carboxylic acid groups (broad SMARTS) is 1. The molecular formula is C16H28O5. The summed E-state index contributed by atoms with van der Waals surface area (Å²) >= 11 is 0. The molecule has 0 amide bonds. The number of hydrogen-bond acceptors (Lipinski definition) is 4. The molecule has 1 fully saturated rings. The summed E-state index contributed by atoms with van der Waals surface area (Å²) in [6.07, 6.45) is 2.97. The highest BCUT2D eigenvalue weighted by molar-refractivity contribution is 5.76. The van der Waals surface area contributed by atoms with Crippen LogP contribution in [0.5, 0.6) is 0 Å². The maximum absolute atomic E-state index is 11.4. The molecule has 0 unspecified atom stereocenters. The molecule has 0 aliphatic heterocycles. The molecule has 0 radical (unpaired) electrons. The quantitative estimate of drug-likeness (QED) is 0.706. The van der Waals surface area contributed by atoms with Crippen molar-refractivity contribution >= 4 is 11.9 Å². The molecule has 122 valence electrons. The number of ether oxygens (including phenoxy) is 1. The number of carboxylic acids is 1. The van der Waals surface area contributed by atoms with Gasteiger partial charge in [-0.1, -0.05) is 27.2 Å². The highest BCUT2D eigenvalue weighted by atomic mass is 16.5. The lowest BCUT2D eigenvalue weighted by molar-refractivity contribution is -0.151. The van der Waals surface area contributed by atoms with Crippen molar-refractivity contribution in [2.45, 2.75) is 64.9 Å². The van der Waals surface area contributed by atoms with Gasteiger partial charge in [-0.2, -0.15) is 0 Å². The number of carbonyl (C=O) groups is 2. The lowest BCUT2D eigenvalue weighted by atomic mass is 9.66. The maximum atomic E-state index is 11.4. The van der Waals surface area contributed by atoms with Crippen molar-refractivity contribution in [1.82, 2.24) is 0 Å². The monoisotopic (exact) mass is 300 g/mol. The van der Waals surface area contributed by atoms with Crippen molar-refractivity contribution in [1.29, 1.82) is 0 Å². The van der Waals surface area contributed by atoms with E-state index in [4.69, 9.17) is 9.84 Å². The Hall–Kier alpha value is -1.10. The average Bonchev–Trinajstić information content (AvgIpc) is 2.35. The molecule has 1 rings (SSSR count). The lowest BCUT2D eigenvalue weighted by Gasteiger charge is -2.44. The van der Waals surface area contributed by atoms with Gasteiger partial charge in [-0.05, 0) is 30.6 Å². The van der Waals surface area contributed by atoms with E-state index in [9.17, 15) is 14.7 Å². The summed E-state index contributed by atoms with van der Waals surface area (Å²) in [7, 11) is 0. The molecule has 0 saturated heterocycles. The predicted molar refractivity (Wildman–Crippen MR) is 78.7 cm³/mol. The third kappa shape index (κ3) is 5.65. The average molecular weight is 300 g/mol. The molecule has 0 heterocycles. The van der Waals surface area contributed by atoms with E-state index in [1.54, 1.807) is 0 Å². The molecule has 2 N–H and O–H groups in total. The van der Waals surface area contributed by atoms with Gasteiger partial charge < -0.3 is 14.9 Å². The first kappa shape index (κ1) is 18.0. The zero-order valence-corrected chi connectivity index (χ0v) is 13.3. The first-order chi connectivity index (χ1) is 9.74. The summed E-state index contributed by atoms with van der Waals surface area (Å²) < 4.78 is 5.06. The number of carbonyl (C=O) groups excluding carboxylic acids is 1. The Labute approximate surface area is 126 Å². The molecule has 0 aromatic heterocycles. The molecule has 0 aromatic rings. The van der Waals surface area contributed by atoms with E-state index in [0.29, 0.717) is 18.3 Å². The van der Waals surface area contributed by atoms with Crippen molar-refractivity contribution in [3.63, 3.8) is 0 Å². The van der Waals surface area contributed by atoms with Gasteiger partial charge in [0.1, 0.15) is 0 Å². The highest BCUT2D eigenvalue weighted by Gasteiger charge is 2.42. The van der Waals surface area contributed by atoms with E-state index >= 15 is 0 Å². The van der Waals surface area contributed by atoms with Gasteiger partial charge in [-0.25, -0.2) is 0 Å².